The summed E-state index contributed by atoms with van der Waals surface area (Å²) >= 11 is 0. The summed E-state index contributed by atoms with van der Waals surface area (Å²) in [4.78, 5) is 24.9. The van der Waals surface area contributed by atoms with Crippen LogP contribution in [0.5, 0.6) is 5.75 Å². The second kappa shape index (κ2) is 14.8. The number of alkyl halides is 5. The highest BCUT2D eigenvalue weighted by molar-refractivity contribution is 5.74. The van der Waals surface area contributed by atoms with Crippen molar-refractivity contribution >= 4 is 12.0 Å². The molecule has 0 bridgehead atoms. The fraction of sp³-hybridized carbons (Fsp3) is 0.652. The molecule has 0 fully saturated rings. The van der Waals surface area contributed by atoms with Gasteiger partial charge in [-0.1, -0.05) is 19.1 Å². The summed E-state index contributed by atoms with van der Waals surface area (Å²) in [6.07, 6.45) is -11.5. The van der Waals surface area contributed by atoms with Gasteiger partial charge in [-0.05, 0) is 44.4 Å². The number of carboxylic acid groups (broad SMARTS) is 1. The highest BCUT2D eigenvalue weighted by Gasteiger charge is 2.59. The van der Waals surface area contributed by atoms with Gasteiger partial charge in [-0.15, -0.1) is 0 Å². The number of urea groups is 1. The van der Waals surface area contributed by atoms with E-state index in [9.17, 15) is 36.6 Å². The third-order valence-electron chi connectivity index (χ3n) is 5.07. The molecule has 0 spiro atoms. The van der Waals surface area contributed by atoms with Gasteiger partial charge in [-0.3, -0.25) is 0 Å². The predicted octanol–water partition coefficient (Wildman–Crippen LogP) is 4.47. The monoisotopic (exact) mass is 528 g/mol. The van der Waals surface area contributed by atoms with E-state index >= 15 is 0 Å². The Hall–Kier alpha value is -2.67. The van der Waals surface area contributed by atoms with Gasteiger partial charge in [0.05, 0.1) is 13.2 Å². The van der Waals surface area contributed by atoms with Crippen molar-refractivity contribution in [2.45, 2.75) is 64.5 Å². The number of halogens is 5. The van der Waals surface area contributed by atoms with Crippen molar-refractivity contribution < 1.29 is 50.9 Å². The fourth-order valence-electron chi connectivity index (χ4n) is 2.88. The summed E-state index contributed by atoms with van der Waals surface area (Å²) in [6, 6.07) is 5.91. The summed E-state index contributed by atoms with van der Waals surface area (Å²) in [5, 5.41) is 11.9. The third kappa shape index (κ3) is 10.9. The quantitative estimate of drug-likeness (QED) is 0.243. The summed E-state index contributed by atoms with van der Waals surface area (Å²) < 4.78 is 76.9. The van der Waals surface area contributed by atoms with E-state index in [1.807, 2.05) is 6.92 Å². The molecule has 0 heterocycles. The van der Waals surface area contributed by atoms with Crippen LogP contribution in [0.1, 0.15) is 39.2 Å². The SMILES string of the molecule is CCOC(Cc1ccc(OCCN(CCCOC(F)(F)C(F)(F)F)C(=O)NC(C)CC)cc1)C(=O)O. The zero-order valence-electron chi connectivity index (χ0n) is 20.4. The van der Waals surface area contributed by atoms with Crippen LogP contribution >= 0.6 is 0 Å². The third-order valence-corrected chi connectivity index (χ3v) is 5.07. The summed E-state index contributed by atoms with van der Waals surface area (Å²) in [6.45, 7) is 4.59. The van der Waals surface area contributed by atoms with Gasteiger partial charge < -0.3 is 29.5 Å². The number of carboxylic acids is 1. The van der Waals surface area contributed by atoms with Gasteiger partial charge >= 0.3 is 24.3 Å². The van der Waals surface area contributed by atoms with Crippen molar-refractivity contribution in [1.82, 2.24) is 10.2 Å². The summed E-state index contributed by atoms with van der Waals surface area (Å²) in [7, 11) is 0. The average Bonchev–Trinajstić information content (AvgIpc) is 2.80. The number of aliphatic carboxylic acids is 1. The molecule has 2 amide bonds. The predicted molar refractivity (Wildman–Crippen MR) is 120 cm³/mol. The molecule has 1 rings (SSSR count). The second-order valence-corrected chi connectivity index (χ2v) is 7.94. The first-order valence-electron chi connectivity index (χ1n) is 11.5. The highest BCUT2D eigenvalue weighted by Crippen LogP contribution is 2.36. The minimum Gasteiger partial charge on any atom is -0.492 e. The molecule has 0 saturated heterocycles. The molecule has 0 radical (unpaired) electrons. The number of carbonyl (C=O) groups is 2. The van der Waals surface area contributed by atoms with Crippen LogP contribution in [0.15, 0.2) is 24.3 Å². The number of nitrogens with one attached hydrogen (secondary N) is 1. The van der Waals surface area contributed by atoms with Gasteiger partial charge in [-0.2, -0.15) is 22.0 Å². The number of carbonyl (C=O) groups excluding carboxylic acids is 1. The first-order valence-corrected chi connectivity index (χ1v) is 11.5. The lowest BCUT2D eigenvalue weighted by Crippen LogP contribution is -2.46. The van der Waals surface area contributed by atoms with Crippen LogP contribution in [0, 0.1) is 0 Å². The summed E-state index contributed by atoms with van der Waals surface area (Å²) in [5.41, 5.74) is 0.716. The Morgan fingerprint density at radius 3 is 2.22 bits per heavy atom. The van der Waals surface area contributed by atoms with E-state index in [1.165, 1.54) is 4.90 Å². The number of nitrogens with zero attached hydrogens (tertiary/aromatic N) is 1. The average molecular weight is 529 g/mol. The van der Waals surface area contributed by atoms with Crippen LogP contribution < -0.4 is 10.1 Å². The van der Waals surface area contributed by atoms with Crippen molar-refractivity contribution in [3.05, 3.63) is 29.8 Å². The normalized spacial score (nSPS) is 13.7. The van der Waals surface area contributed by atoms with E-state index in [0.717, 1.165) is 0 Å². The summed E-state index contributed by atoms with van der Waals surface area (Å²) in [5.74, 6) is -0.627. The standard InChI is InChI=1S/C23H33F5N2O6/c1-4-16(3)29-21(33)30(11-6-13-36-23(27,28)22(24,25)26)12-14-35-18-9-7-17(8-10-18)15-19(20(31)32)34-5-2/h7-10,16,19H,4-6,11-15H2,1-3H3,(H,29,33)(H,31,32). The Morgan fingerprint density at radius 1 is 1.06 bits per heavy atom. The van der Waals surface area contributed by atoms with Crippen LogP contribution in [0.2, 0.25) is 0 Å². The van der Waals surface area contributed by atoms with Gasteiger partial charge in [-0.25, -0.2) is 9.59 Å². The van der Waals surface area contributed by atoms with Gasteiger partial charge in [0.25, 0.3) is 0 Å². The number of ether oxygens (including phenoxy) is 3. The molecule has 0 aromatic heterocycles. The number of rotatable bonds is 16. The molecule has 0 aliphatic rings. The van der Waals surface area contributed by atoms with Gasteiger partial charge in [0.1, 0.15) is 12.4 Å². The van der Waals surface area contributed by atoms with E-state index in [0.29, 0.717) is 17.7 Å². The molecular formula is C23H33F5N2O6. The molecule has 2 atom stereocenters. The van der Waals surface area contributed by atoms with E-state index in [4.69, 9.17) is 9.47 Å². The molecule has 0 aliphatic carbocycles. The van der Waals surface area contributed by atoms with Crippen molar-refractivity contribution in [3.8, 4) is 5.75 Å². The Balaban J connectivity index is 2.64. The van der Waals surface area contributed by atoms with E-state index in [1.54, 1.807) is 38.1 Å². The Morgan fingerprint density at radius 2 is 1.69 bits per heavy atom. The maximum Gasteiger partial charge on any atom is 0.482 e. The fourth-order valence-corrected chi connectivity index (χ4v) is 2.88. The first kappa shape index (κ1) is 31.4. The number of hydrogen-bond donors (Lipinski definition) is 2. The van der Waals surface area contributed by atoms with Crippen LogP contribution in [-0.4, -0.2) is 79.3 Å². The lowest BCUT2D eigenvalue weighted by atomic mass is 10.1. The lowest BCUT2D eigenvalue weighted by molar-refractivity contribution is -0.391. The molecule has 36 heavy (non-hydrogen) atoms. The van der Waals surface area contributed by atoms with E-state index in [2.05, 4.69) is 10.1 Å². The zero-order valence-corrected chi connectivity index (χ0v) is 20.4. The second-order valence-electron chi connectivity index (χ2n) is 7.94. The molecule has 2 N–H and O–H groups in total. The van der Waals surface area contributed by atoms with Crippen molar-refractivity contribution in [3.63, 3.8) is 0 Å². The van der Waals surface area contributed by atoms with Crippen LogP contribution in [0.3, 0.4) is 0 Å². The first-order chi connectivity index (χ1) is 16.8. The molecule has 1 aromatic rings. The van der Waals surface area contributed by atoms with Gasteiger partial charge in [0.2, 0.25) is 0 Å². The Kier molecular flexibility index (Phi) is 12.9. The van der Waals surface area contributed by atoms with Crippen LogP contribution in [0.4, 0.5) is 26.7 Å². The molecule has 1 aromatic carbocycles. The molecule has 2 unspecified atom stereocenters. The Bertz CT molecular complexity index is 807. The zero-order chi connectivity index (χ0) is 27.4. The minimum atomic E-state index is -5.82. The number of hydrogen-bond acceptors (Lipinski definition) is 5. The molecular weight excluding hydrogens is 495 g/mol. The molecule has 206 valence electrons. The van der Waals surface area contributed by atoms with Crippen molar-refractivity contribution in [1.29, 1.82) is 0 Å². The molecule has 0 aliphatic heterocycles. The van der Waals surface area contributed by atoms with Crippen LogP contribution in [0.25, 0.3) is 0 Å². The topological polar surface area (TPSA) is 97.3 Å². The number of benzene rings is 1. The van der Waals surface area contributed by atoms with Crippen molar-refractivity contribution in [2.75, 3.05) is 32.9 Å². The van der Waals surface area contributed by atoms with Crippen LogP contribution in [-0.2, 0) is 20.7 Å². The van der Waals surface area contributed by atoms with Gasteiger partial charge in [0, 0.05) is 25.6 Å². The molecule has 8 nitrogen and oxygen atoms in total. The smallest absolute Gasteiger partial charge is 0.482 e. The maximum absolute atomic E-state index is 12.9. The van der Waals surface area contributed by atoms with E-state index in [-0.39, 0.29) is 45.2 Å². The molecule has 0 saturated carbocycles. The maximum atomic E-state index is 12.9. The minimum absolute atomic E-state index is 0.0174. The molecule has 13 heteroatoms. The lowest BCUT2D eigenvalue weighted by Gasteiger charge is -2.26. The number of amides is 2. The van der Waals surface area contributed by atoms with Gasteiger partial charge in [0.15, 0.2) is 6.10 Å². The highest BCUT2D eigenvalue weighted by atomic mass is 19.4. The Labute approximate surface area is 206 Å². The van der Waals surface area contributed by atoms with Crippen molar-refractivity contribution in [2.24, 2.45) is 0 Å². The largest absolute Gasteiger partial charge is 0.492 e. The van der Waals surface area contributed by atoms with E-state index < -0.39 is 37.0 Å².